The molecule has 0 saturated heterocycles. The second kappa shape index (κ2) is 8.06. The lowest BCUT2D eigenvalue weighted by atomic mass is 9.88. The Hall–Kier alpha value is -2.17. The van der Waals surface area contributed by atoms with Gasteiger partial charge >= 0.3 is 0 Å². The Labute approximate surface area is 170 Å². The van der Waals surface area contributed by atoms with Gasteiger partial charge in [-0.25, -0.2) is 4.39 Å². The smallest absolute Gasteiger partial charge is 0.128 e. The van der Waals surface area contributed by atoms with Gasteiger partial charge in [0.1, 0.15) is 17.7 Å². The van der Waals surface area contributed by atoms with Crippen LogP contribution in [0.1, 0.15) is 42.7 Å². The van der Waals surface area contributed by atoms with Crippen LogP contribution >= 0.6 is 12.4 Å². The fourth-order valence-electron chi connectivity index (χ4n) is 3.90. The normalized spacial score (nSPS) is 21.0. The van der Waals surface area contributed by atoms with E-state index >= 15 is 0 Å². The molecule has 2 aromatic carbocycles. The molecule has 3 aromatic rings. The Morgan fingerprint density at radius 2 is 1.96 bits per heavy atom. The monoisotopic (exact) mass is 398 g/mol. The lowest BCUT2D eigenvalue weighted by molar-refractivity contribution is 0.0716. The van der Waals surface area contributed by atoms with E-state index in [0.29, 0.717) is 12.1 Å². The van der Waals surface area contributed by atoms with Gasteiger partial charge in [-0.2, -0.15) is 0 Å². The van der Waals surface area contributed by atoms with E-state index in [-0.39, 0.29) is 30.4 Å². The number of ether oxygens (including phenoxy) is 1. The molecule has 0 amide bonds. The first-order valence-corrected chi connectivity index (χ1v) is 9.79. The van der Waals surface area contributed by atoms with E-state index in [4.69, 9.17) is 4.74 Å². The van der Waals surface area contributed by atoms with Crippen LogP contribution in [-0.2, 0) is 6.54 Å². The molecule has 0 spiro atoms. The Bertz CT molecular complexity index is 976. The summed E-state index contributed by atoms with van der Waals surface area (Å²) >= 11 is 0. The van der Waals surface area contributed by atoms with Gasteiger partial charge in [-0.15, -0.1) is 12.4 Å². The zero-order valence-electron chi connectivity index (χ0n) is 15.6. The largest absolute Gasteiger partial charge is 0.489 e. The van der Waals surface area contributed by atoms with Crippen LogP contribution in [0.2, 0.25) is 0 Å². The maximum absolute atomic E-state index is 14.4. The number of pyridine rings is 1. The second-order valence-corrected chi connectivity index (χ2v) is 7.69. The predicted molar refractivity (Wildman–Crippen MR) is 112 cm³/mol. The first-order valence-electron chi connectivity index (χ1n) is 9.79. The second-order valence-electron chi connectivity index (χ2n) is 7.69. The van der Waals surface area contributed by atoms with E-state index in [1.54, 1.807) is 18.5 Å². The number of fused-ring (bicyclic) bond motifs is 1. The summed E-state index contributed by atoms with van der Waals surface area (Å²) in [6.45, 7) is 0.500. The predicted octanol–water partition coefficient (Wildman–Crippen LogP) is 5.37. The minimum Gasteiger partial charge on any atom is -0.489 e. The molecule has 1 heterocycles. The van der Waals surface area contributed by atoms with Crippen LogP contribution in [0.5, 0.6) is 5.75 Å². The fraction of sp³-hybridized carbons (Fsp3) is 0.348. The minimum absolute atomic E-state index is 0. The molecule has 5 heteroatoms. The summed E-state index contributed by atoms with van der Waals surface area (Å²) in [5, 5.41) is 5.39. The molecular formula is C23H24ClFN2O. The highest BCUT2D eigenvalue weighted by atomic mass is 35.5. The van der Waals surface area contributed by atoms with Gasteiger partial charge in [0, 0.05) is 35.9 Å². The van der Waals surface area contributed by atoms with Gasteiger partial charge in [0.05, 0.1) is 0 Å². The van der Waals surface area contributed by atoms with Crippen molar-refractivity contribution in [3.63, 3.8) is 0 Å². The molecule has 146 valence electrons. The van der Waals surface area contributed by atoms with E-state index < -0.39 is 0 Å². The van der Waals surface area contributed by atoms with E-state index in [1.807, 2.05) is 12.1 Å². The average molecular weight is 399 g/mol. The van der Waals surface area contributed by atoms with Crippen LogP contribution in [0.3, 0.4) is 0 Å². The Kier molecular flexibility index (Phi) is 5.51. The zero-order chi connectivity index (χ0) is 18.2. The van der Waals surface area contributed by atoms with Crippen LogP contribution in [0, 0.1) is 5.82 Å². The number of nitrogens with zero attached hydrogens (tertiary/aromatic N) is 1. The van der Waals surface area contributed by atoms with Gasteiger partial charge in [-0.05, 0) is 72.9 Å². The van der Waals surface area contributed by atoms with Crippen molar-refractivity contribution >= 4 is 23.2 Å². The summed E-state index contributed by atoms with van der Waals surface area (Å²) in [4.78, 5) is 4.13. The molecule has 2 atom stereocenters. The third-order valence-corrected chi connectivity index (χ3v) is 5.82. The molecule has 0 unspecified atom stereocenters. The van der Waals surface area contributed by atoms with Crippen molar-refractivity contribution < 1.29 is 9.13 Å². The number of rotatable bonds is 6. The van der Waals surface area contributed by atoms with E-state index in [1.165, 1.54) is 24.5 Å². The standard InChI is InChI=1S/C23H23FN2O.ClH/c24-21-7-6-17-13-25-11-10-19(17)20(21)14-26-22-8-9-23(22)27-18-3-1-2-16(12-18)15-4-5-15;/h1-3,6-7,10-13,15,22-23,26H,4-5,8-9,14H2;1H/t22-,23-;/m1./s1. The fourth-order valence-corrected chi connectivity index (χ4v) is 3.90. The van der Waals surface area contributed by atoms with Crippen molar-refractivity contribution in [3.05, 3.63) is 71.8 Å². The average Bonchev–Trinajstić information content (AvgIpc) is 3.53. The lowest BCUT2D eigenvalue weighted by Gasteiger charge is -2.37. The zero-order valence-corrected chi connectivity index (χ0v) is 16.4. The first-order chi connectivity index (χ1) is 13.3. The highest BCUT2D eigenvalue weighted by Gasteiger charge is 2.33. The van der Waals surface area contributed by atoms with Crippen LogP contribution in [0.4, 0.5) is 4.39 Å². The molecule has 2 saturated carbocycles. The number of hydrogen-bond donors (Lipinski definition) is 1. The maximum Gasteiger partial charge on any atom is 0.128 e. The van der Waals surface area contributed by atoms with Crippen LogP contribution in [-0.4, -0.2) is 17.1 Å². The summed E-state index contributed by atoms with van der Waals surface area (Å²) in [7, 11) is 0. The summed E-state index contributed by atoms with van der Waals surface area (Å²) in [5.41, 5.74) is 2.10. The third kappa shape index (κ3) is 3.85. The third-order valence-electron chi connectivity index (χ3n) is 5.82. The topological polar surface area (TPSA) is 34.2 Å². The summed E-state index contributed by atoms with van der Waals surface area (Å²) in [6.07, 6.45) is 8.33. The van der Waals surface area contributed by atoms with Crippen molar-refractivity contribution in [1.29, 1.82) is 0 Å². The molecule has 1 N–H and O–H groups in total. The molecule has 0 aliphatic heterocycles. The molecule has 0 bridgehead atoms. The first kappa shape index (κ1) is 19.2. The number of nitrogens with one attached hydrogen (secondary N) is 1. The van der Waals surface area contributed by atoms with Crippen LogP contribution in [0.25, 0.3) is 10.8 Å². The Balaban J connectivity index is 0.00000192. The lowest BCUT2D eigenvalue weighted by Crippen LogP contribution is -2.50. The van der Waals surface area contributed by atoms with Crippen molar-refractivity contribution in [3.8, 4) is 5.75 Å². The summed E-state index contributed by atoms with van der Waals surface area (Å²) in [6, 6.07) is 14.0. The molecule has 2 aliphatic rings. The van der Waals surface area contributed by atoms with E-state index in [2.05, 4.69) is 28.5 Å². The Morgan fingerprint density at radius 1 is 1.07 bits per heavy atom. The van der Waals surface area contributed by atoms with Gasteiger partial charge < -0.3 is 10.1 Å². The van der Waals surface area contributed by atoms with E-state index in [0.717, 1.165) is 35.3 Å². The molecule has 5 rings (SSSR count). The Morgan fingerprint density at radius 3 is 2.75 bits per heavy atom. The quantitative estimate of drug-likeness (QED) is 0.605. The number of hydrogen-bond acceptors (Lipinski definition) is 3. The number of aromatic nitrogens is 1. The molecule has 1 aromatic heterocycles. The maximum atomic E-state index is 14.4. The SMILES string of the molecule is Cl.Fc1ccc2cnccc2c1CN[C@@H]1CC[C@H]1Oc1cccc(C2CC2)c1. The molecule has 0 radical (unpaired) electrons. The number of benzene rings is 2. The van der Waals surface area contributed by atoms with Gasteiger partial charge in [0.2, 0.25) is 0 Å². The van der Waals surface area contributed by atoms with Crippen molar-refractivity contribution in [1.82, 2.24) is 10.3 Å². The molecule has 28 heavy (non-hydrogen) atoms. The highest BCUT2D eigenvalue weighted by Crippen LogP contribution is 2.41. The molecule has 2 fully saturated rings. The molecule has 3 nitrogen and oxygen atoms in total. The minimum atomic E-state index is -0.171. The highest BCUT2D eigenvalue weighted by molar-refractivity contribution is 5.85. The van der Waals surface area contributed by atoms with Crippen LogP contribution < -0.4 is 10.1 Å². The van der Waals surface area contributed by atoms with Crippen molar-refractivity contribution in [2.45, 2.75) is 50.3 Å². The van der Waals surface area contributed by atoms with Gasteiger partial charge in [0.25, 0.3) is 0 Å². The molecular weight excluding hydrogens is 375 g/mol. The number of halogens is 2. The van der Waals surface area contributed by atoms with E-state index in [9.17, 15) is 4.39 Å². The van der Waals surface area contributed by atoms with Gasteiger partial charge in [-0.1, -0.05) is 12.1 Å². The van der Waals surface area contributed by atoms with Gasteiger partial charge in [0.15, 0.2) is 0 Å². The summed E-state index contributed by atoms with van der Waals surface area (Å²) in [5.74, 6) is 1.51. The summed E-state index contributed by atoms with van der Waals surface area (Å²) < 4.78 is 20.6. The van der Waals surface area contributed by atoms with Crippen molar-refractivity contribution in [2.75, 3.05) is 0 Å². The van der Waals surface area contributed by atoms with Gasteiger partial charge in [-0.3, -0.25) is 4.98 Å². The molecule has 2 aliphatic carbocycles. The van der Waals surface area contributed by atoms with Crippen LogP contribution in [0.15, 0.2) is 54.9 Å². The van der Waals surface area contributed by atoms with Crippen molar-refractivity contribution in [2.24, 2.45) is 0 Å².